The number of aliphatic hydroxyl groups excluding tert-OH is 1. The molecule has 1 atom stereocenters. The Morgan fingerprint density at radius 3 is 2.79 bits per heavy atom. The number of amides is 2. The Balaban J connectivity index is 1.59. The summed E-state index contributed by atoms with van der Waals surface area (Å²) >= 11 is 0. The molecule has 2 aromatic heterocycles. The summed E-state index contributed by atoms with van der Waals surface area (Å²) in [6.07, 6.45) is -3.51. The normalized spacial score (nSPS) is 15.2. The van der Waals surface area contributed by atoms with Gasteiger partial charge < -0.3 is 25.5 Å². The number of nitrogens with zero attached hydrogens (tertiary/aromatic N) is 4. The van der Waals surface area contributed by atoms with E-state index in [1.54, 1.807) is 13.8 Å². The molecular weight excluding hydrogens is 459 g/mol. The molecule has 4 rings (SSSR count). The van der Waals surface area contributed by atoms with Gasteiger partial charge >= 0.3 is 6.36 Å². The number of aromatic nitrogens is 5. The van der Waals surface area contributed by atoms with Crippen LogP contribution in [0.15, 0.2) is 24.5 Å². The third kappa shape index (κ3) is 4.61. The second-order valence-electron chi connectivity index (χ2n) is 7.38. The fourth-order valence-electron chi connectivity index (χ4n) is 3.58. The molecule has 0 bridgehead atoms. The number of fused-ring (bicyclic) bond motifs is 1. The molecule has 14 heteroatoms. The van der Waals surface area contributed by atoms with Gasteiger partial charge in [0.15, 0.2) is 12.6 Å². The number of carbonyl (C=O) groups excluding carboxylic acids is 2. The number of aromatic amines is 1. The lowest BCUT2D eigenvalue weighted by atomic mass is 10.0. The molecule has 0 fully saturated rings. The first-order valence-electron chi connectivity index (χ1n) is 9.84. The van der Waals surface area contributed by atoms with Crippen LogP contribution in [0.5, 0.6) is 5.75 Å². The zero-order valence-electron chi connectivity index (χ0n) is 17.8. The van der Waals surface area contributed by atoms with E-state index in [2.05, 4.69) is 35.8 Å². The minimum atomic E-state index is -4.87. The average molecular weight is 477 g/mol. The van der Waals surface area contributed by atoms with Gasteiger partial charge in [-0.3, -0.25) is 9.59 Å². The maximum absolute atomic E-state index is 12.7. The monoisotopic (exact) mass is 477 g/mol. The van der Waals surface area contributed by atoms with Crippen molar-refractivity contribution in [3.05, 3.63) is 52.6 Å². The van der Waals surface area contributed by atoms with Gasteiger partial charge in [-0.15, -0.1) is 28.2 Å². The molecule has 1 aliphatic heterocycles. The van der Waals surface area contributed by atoms with Gasteiger partial charge in [0.1, 0.15) is 5.75 Å². The molecule has 2 amide bonds. The molecule has 34 heavy (non-hydrogen) atoms. The number of nitrogens with one attached hydrogen (secondary N) is 3. The number of anilines is 1. The van der Waals surface area contributed by atoms with Crippen LogP contribution in [0.2, 0.25) is 0 Å². The summed E-state index contributed by atoms with van der Waals surface area (Å²) < 4.78 is 41.7. The summed E-state index contributed by atoms with van der Waals surface area (Å²) in [5, 5.41) is 25.9. The van der Waals surface area contributed by atoms with Crippen LogP contribution in [0, 0.1) is 13.8 Å². The van der Waals surface area contributed by atoms with Gasteiger partial charge in [-0.1, -0.05) is 0 Å². The molecule has 1 aliphatic rings. The number of hydrogen-bond acceptors (Lipinski definition) is 7. The lowest BCUT2D eigenvalue weighted by Crippen LogP contribution is -2.32. The van der Waals surface area contributed by atoms with Crippen LogP contribution in [0.3, 0.4) is 0 Å². The molecular formula is C20H18F3N7O4. The minimum absolute atomic E-state index is 0.103. The summed E-state index contributed by atoms with van der Waals surface area (Å²) in [7, 11) is 0. The van der Waals surface area contributed by atoms with E-state index in [4.69, 9.17) is 0 Å². The van der Waals surface area contributed by atoms with Gasteiger partial charge in [0, 0.05) is 22.6 Å². The van der Waals surface area contributed by atoms with E-state index in [1.165, 1.54) is 12.1 Å². The molecule has 0 spiro atoms. The molecule has 3 heterocycles. The van der Waals surface area contributed by atoms with Gasteiger partial charge in [0.25, 0.3) is 11.8 Å². The zero-order chi connectivity index (χ0) is 24.6. The maximum Gasteiger partial charge on any atom is 0.573 e. The SMILES string of the molecule is Cc1[nH]c(/C=C2\C(=O)Nc3ccc(OC(F)(F)F)cc32)c(C)c1C(=O)NCC(O)n1ncnn1. The van der Waals surface area contributed by atoms with Crippen molar-refractivity contribution in [1.29, 1.82) is 0 Å². The van der Waals surface area contributed by atoms with Crippen molar-refractivity contribution in [1.82, 2.24) is 30.5 Å². The van der Waals surface area contributed by atoms with Crippen molar-refractivity contribution in [2.24, 2.45) is 0 Å². The van der Waals surface area contributed by atoms with Crippen LogP contribution in [-0.4, -0.2) is 55.0 Å². The summed E-state index contributed by atoms with van der Waals surface area (Å²) in [5.41, 5.74) is 2.36. The van der Waals surface area contributed by atoms with Crippen molar-refractivity contribution in [2.45, 2.75) is 26.4 Å². The van der Waals surface area contributed by atoms with Crippen molar-refractivity contribution < 1.29 is 32.6 Å². The second kappa shape index (κ2) is 8.62. The number of rotatable bonds is 6. The predicted molar refractivity (Wildman–Crippen MR) is 111 cm³/mol. The van der Waals surface area contributed by atoms with E-state index in [9.17, 15) is 27.9 Å². The van der Waals surface area contributed by atoms with Crippen LogP contribution in [0.25, 0.3) is 11.6 Å². The fraction of sp³-hybridized carbons (Fsp3) is 0.250. The van der Waals surface area contributed by atoms with E-state index in [1.807, 2.05) is 0 Å². The Bertz CT molecular complexity index is 1280. The Morgan fingerprint density at radius 1 is 1.35 bits per heavy atom. The molecule has 3 aromatic rings. The van der Waals surface area contributed by atoms with Crippen LogP contribution in [0.4, 0.5) is 18.9 Å². The summed E-state index contributed by atoms with van der Waals surface area (Å²) in [4.78, 5) is 29.1. The number of aryl methyl sites for hydroxylation is 1. The molecule has 1 unspecified atom stereocenters. The number of alkyl halides is 3. The van der Waals surface area contributed by atoms with Gasteiger partial charge in [0.05, 0.1) is 17.7 Å². The third-order valence-electron chi connectivity index (χ3n) is 5.08. The van der Waals surface area contributed by atoms with E-state index in [0.29, 0.717) is 28.2 Å². The number of carbonyl (C=O) groups is 2. The molecule has 0 aliphatic carbocycles. The summed E-state index contributed by atoms with van der Waals surface area (Å²) in [6.45, 7) is 3.11. The third-order valence-corrected chi connectivity index (χ3v) is 5.08. The fourth-order valence-corrected chi connectivity index (χ4v) is 3.58. The molecule has 178 valence electrons. The van der Waals surface area contributed by atoms with Crippen LogP contribution in [-0.2, 0) is 4.79 Å². The van der Waals surface area contributed by atoms with Crippen LogP contribution < -0.4 is 15.4 Å². The van der Waals surface area contributed by atoms with Crippen LogP contribution in [0.1, 0.15) is 39.1 Å². The molecule has 0 saturated heterocycles. The minimum Gasteiger partial charge on any atom is -0.406 e. The lowest BCUT2D eigenvalue weighted by Gasteiger charge is -2.10. The molecule has 0 radical (unpaired) electrons. The average Bonchev–Trinajstić information content (AvgIpc) is 3.45. The van der Waals surface area contributed by atoms with Crippen molar-refractivity contribution in [3.63, 3.8) is 0 Å². The highest BCUT2D eigenvalue weighted by Crippen LogP contribution is 2.37. The number of halogens is 3. The highest BCUT2D eigenvalue weighted by Gasteiger charge is 2.33. The van der Waals surface area contributed by atoms with Crippen molar-refractivity contribution >= 4 is 29.2 Å². The largest absolute Gasteiger partial charge is 0.573 e. The number of tetrazole rings is 1. The molecule has 0 saturated carbocycles. The van der Waals surface area contributed by atoms with E-state index >= 15 is 0 Å². The van der Waals surface area contributed by atoms with E-state index in [0.717, 1.165) is 23.3 Å². The van der Waals surface area contributed by atoms with E-state index in [-0.39, 0.29) is 17.7 Å². The number of H-pyrrole nitrogens is 1. The van der Waals surface area contributed by atoms with E-state index < -0.39 is 30.2 Å². The lowest BCUT2D eigenvalue weighted by molar-refractivity contribution is -0.274. The Labute approximate surface area is 189 Å². The molecule has 11 nitrogen and oxygen atoms in total. The number of ether oxygens (including phenoxy) is 1. The Kier molecular flexibility index (Phi) is 5.83. The highest BCUT2D eigenvalue weighted by molar-refractivity contribution is 6.35. The zero-order valence-corrected chi connectivity index (χ0v) is 17.8. The smallest absolute Gasteiger partial charge is 0.406 e. The van der Waals surface area contributed by atoms with Gasteiger partial charge in [0.2, 0.25) is 0 Å². The number of benzene rings is 1. The van der Waals surface area contributed by atoms with Gasteiger partial charge in [-0.2, -0.15) is 0 Å². The number of aliphatic hydroxyl groups is 1. The van der Waals surface area contributed by atoms with Crippen LogP contribution >= 0.6 is 0 Å². The molecule has 1 aromatic carbocycles. The standard InChI is InChI=1S/C20H18F3N7O4/c1-9-15(27-10(2)17(9)19(33)24-7-16(31)30-26-8-25-29-30)6-13-12-5-11(34-20(21,22)23)3-4-14(12)28-18(13)32/h3-6,8,16,27,31H,7H2,1-2H3,(H,24,33)(H,28,32)/b13-6-. The molecule has 4 N–H and O–H groups in total. The first-order valence-corrected chi connectivity index (χ1v) is 9.84. The summed E-state index contributed by atoms with van der Waals surface area (Å²) in [5.74, 6) is -1.47. The quantitative estimate of drug-likeness (QED) is 0.397. The van der Waals surface area contributed by atoms with Gasteiger partial charge in [-0.05, 0) is 48.9 Å². The first-order chi connectivity index (χ1) is 16.0. The van der Waals surface area contributed by atoms with Gasteiger partial charge in [-0.25, -0.2) is 0 Å². The summed E-state index contributed by atoms with van der Waals surface area (Å²) in [6, 6.07) is 3.53. The highest BCUT2D eigenvalue weighted by atomic mass is 19.4. The number of hydrogen-bond donors (Lipinski definition) is 4. The predicted octanol–water partition coefficient (Wildman–Crippen LogP) is 1.93. The second-order valence-corrected chi connectivity index (χ2v) is 7.38. The van der Waals surface area contributed by atoms with Crippen molar-refractivity contribution in [3.8, 4) is 5.75 Å². The maximum atomic E-state index is 12.7. The Hall–Kier alpha value is -4.20. The first kappa shape index (κ1) is 23.0. The topological polar surface area (TPSA) is 147 Å². The van der Waals surface area contributed by atoms with Crippen molar-refractivity contribution in [2.75, 3.05) is 11.9 Å². The Morgan fingerprint density at radius 2 is 2.12 bits per heavy atom.